The fraction of sp³-hybridized carbons (Fsp3) is 0.120. The maximum Gasteiger partial charge on any atom is 0.183 e. The number of fused-ring (bicyclic) bond motifs is 1. The number of aliphatic hydroxyl groups is 1. The predicted octanol–water partition coefficient (Wildman–Crippen LogP) is 5.91. The summed E-state index contributed by atoms with van der Waals surface area (Å²) in [6, 6.07) is 14.9. The van der Waals surface area contributed by atoms with E-state index in [9.17, 15) is 5.11 Å². The fourth-order valence-corrected chi connectivity index (χ4v) is 4.32. The maximum atomic E-state index is 9.61. The number of nitrogens with one attached hydrogen (secondary N) is 1. The SMILES string of the molecule is COc1cnc(-c2nn(Cc3c(Cl)ccc(CO)c3Cl)c3ccccc23)nc1Nc1ccncc1.Cl. The topological polar surface area (TPSA) is 98.0 Å². The molecule has 0 bridgehead atoms. The molecule has 0 saturated carbocycles. The Morgan fingerprint density at radius 3 is 2.58 bits per heavy atom. The second kappa shape index (κ2) is 11.1. The number of hydrogen-bond acceptors (Lipinski definition) is 7. The van der Waals surface area contributed by atoms with E-state index in [-0.39, 0.29) is 19.0 Å². The zero-order chi connectivity index (χ0) is 24.4. The summed E-state index contributed by atoms with van der Waals surface area (Å²) in [5.41, 5.74) is 3.56. The van der Waals surface area contributed by atoms with Gasteiger partial charge in [-0.05, 0) is 29.8 Å². The van der Waals surface area contributed by atoms with Crippen LogP contribution < -0.4 is 10.1 Å². The molecular weight excluding hydrogens is 523 g/mol. The number of anilines is 2. The third-order valence-corrected chi connectivity index (χ3v) is 6.36. The van der Waals surface area contributed by atoms with Gasteiger partial charge in [-0.25, -0.2) is 9.97 Å². The molecule has 184 valence electrons. The quantitative estimate of drug-likeness (QED) is 0.263. The molecule has 3 aromatic heterocycles. The Morgan fingerprint density at radius 1 is 1.06 bits per heavy atom. The van der Waals surface area contributed by atoms with E-state index in [2.05, 4.69) is 15.3 Å². The van der Waals surface area contributed by atoms with Gasteiger partial charge in [0.2, 0.25) is 0 Å². The summed E-state index contributed by atoms with van der Waals surface area (Å²) in [4.78, 5) is 13.3. The zero-order valence-corrected chi connectivity index (χ0v) is 21.3. The van der Waals surface area contributed by atoms with Crippen molar-refractivity contribution in [3.8, 4) is 17.3 Å². The molecule has 5 aromatic rings. The number of pyridine rings is 1. The predicted molar refractivity (Wildman–Crippen MR) is 144 cm³/mol. The number of aromatic nitrogens is 5. The molecule has 3 heterocycles. The first-order chi connectivity index (χ1) is 17.1. The van der Waals surface area contributed by atoms with Gasteiger partial charge in [0.15, 0.2) is 17.4 Å². The summed E-state index contributed by atoms with van der Waals surface area (Å²) in [5.74, 6) is 1.43. The smallest absolute Gasteiger partial charge is 0.183 e. The number of halogens is 3. The summed E-state index contributed by atoms with van der Waals surface area (Å²) in [6.07, 6.45) is 4.99. The van der Waals surface area contributed by atoms with E-state index < -0.39 is 0 Å². The van der Waals surface area contributed by atoms with E-state index in [0.29, 0.717) is 50.8 Å². The average molecular weight is 544 g/mol. The van der Waals surface area contributed by atoms with Crippen molar-refractivity contribution in [3.05, 3.63) is 88.3 Å². The van der Waals surface area contributed by atoms with Crippen molar-refractivity contribution >= 4 is 58.0 Å². The third-order valence-electron chi connectivity index (χ3n) is 5.53. The van der Waals surface area contributed by atoms with Crippen LogP contribution in [0.4, 0.5) is 11.5 Å². The molecule has 0 aliphatic rings. The molecule has 0 saturated heterocycles. The van der Waals surface area contributed by atoms with E-state index in [1.165, 1.54) is 0 Å². The Labute approximate surface area is 223 Å². The van der Waals surface area contributed by atoms with Crippen LogP contribution in [-0.2, 0) is 13.2 Å². The Balaban J connectivity index is 0.00000304. The van der Waals surface area contributed by atoms with Gasteiger partial charge in [0.25, 0.3) is 0 Å². The van der Waals surface area contributed by atoms with Gasteiger partial charge in [-0.15, -0.1) is 12.4 Å². The standard InChI is InChI=1S/C25H20Cl2N6O2.ClH/c1-35-21-12-29-25(31-24(21)30-16-8-10-28-11-9-16)23-17-4-2-3-5-20(17)33(32-23)13-18-19(26)7-6-15(14-34)22(18)27;/h2-12,34H,13-14H2,1H3,(H,28,29,30,31);1H. The van der Waals surface area contributed by atoms with Crippen LogP contribution in [0.15, 0.2) is 67.1 Å². The number of aliphatic hydroxyl groups excluding tert-OH is 1. The van der Waals surface area contributed by atoms with Gasteiger partial charge in [0.1, 0.15) is 5.69 Å². The molecule has 0 aliphatic heterocycles. The normalized spacial score (nSPS) is 10.8. The Morgan fingerprint density at radius 2 is 1.83 bits per heavy atom. The van der Waals surface area contributed by atoms with Crippen LogP contribution in [0.1, 0.15) is 11.1 Å². The Kier molecular flexibility index (Phi) is 7.91. The minimum Gasteiger partial charge on any atom is -0.491 e. The van der Waals surface area contributed by atoms with E-state index in [0.717, 1.165) is 16.6 Å². The van der Waals surface area contributed by atoms with E-state index in [1.807, 2.05) is 41.1 Å². The number of methoxy groups -OCH3 is 1. The van der Waals surface area contributed by atoms with Crippen LogP contribution in [0.5, 0.6) is 5.75 Å². The summed E-state index contributed by atoms with van der Waals surface area (Å²) < 4.78 is 7.26. The molecule has 0 radical (unpaired) electrons. The summed E-state index contributed by atoms with van der Waals surface area (Å²) in [7, 11) is 1.56. The van der Waals surface area contributed by atoms with Crippen molar-refractivity contribution in [1.82, 2.24) is 24.7 Å². The molecular formula is C25H21Cl3N6O2. The summed E-state index contributed by atoms with van der Waals surface area (Å²) >= 11 is 13.0. The van der Waals surface area contributed by atoms with Gasteiger partial charge in [-0.3, -0.25) is 9.67 Å². The molecule has 2 aromatic carbocycles. The van der Waals surface area contributed by atoms with Crippen molar-refractivity contribution < 1.29 is 9.84 Å². The van der Waals surface area contributed by atoms with Crippen LogP contribution in [0.3, 0.4) is 0 Å². The lowest BCUT2D eigenvalue weighted by atomic mass is 10.1. The highest BCUT2D eigenvalue weighted by Crippen LogP contribution is 2.33. The summed E-state index contributed by atoms with van der Waals surface area (Å²) in [6.45, 7) is 0.130. The lowest BCUT2D eigenvalue weighted by Crippen LogP contribution is -2.05. The highest BCUT2D eigenvalue weighted by molar-refractivity contribution is 6.36. The molecule has 36 heavy (non-hydrogen) atoms. The van der Waals surface area contributed by atoms with Crippen molar-refractivity contribution in [1.29, 1.82) is 0 Å². The number of ether oxygens (including phenoxy) is 1. The van der Waals surface area contributed by atoms with Crippen molar-refractivity contribution in [3.63, 3.8) is 0 Å². The molecule has 11 heteroatoms. The molecule has 8 nitrogen and oxygen atoms in total. The first kappa shape index (κ1) is 25.7. The van der Waals surface area contributed by atoms with Crippen LogP contribution in [0, 0.1) is 0 Å². The van der Waals surface area contributed by atoms with Gasteiger partial charge < -0.3 is 15.2 Å². The fourth-order valence-electron chi connectivity index (χ4n) is 3.77. The number of hydrogen-bond donors (Lipinski definition) is 2. The van der Waals surface area contributed by atoms with Crippen LogP contribution >= 0.6 is 35.6 Å². The number of para-hydroxylation sites is 1. The first-order valence-electron chi connectivity index (χ1n) is 10.7. The number of nitrogens with zero attached hydrogens (tertiary/aromatic N) is 5. The van der Waals surface area contributed by atoms with Gasteiger partial charge in [0.05, 0.1) is 37.0 Å². The Bertz CT molecular complexity index is 1510. The third kappa shape index (κ3) is 4.94. The Hall–Kier alpha value is -3.43. The monoisotopic (exact) mass is 542 g/mol. The molecule has 0 fully saturated rings. The summed E-state index contributed by atoms with van der Waals surface area (Å²) in [5, 5.41) is 19.5. The van der Waals surface area contributed by atoms with E-state index in [1.54, 1.807) is 37.8 Å². The lowest BCUT2D eigenvalue weighted by Gasteiger charge is -2.11. The molecule has 0 spiro atoms. The van der Waals surface area contributed by atoms with Gasteiger partial charge in [0, 0.05) is 34.1 Å². The van der Waals surface area contributed by atoms with Crippen molar-refractivity contribution in [2.75, 3.05) is 12.4 Å². The van der Waals surface area contributed by atoms with E-state index >= 15 is 0 Å². The maximum absolute atomic E-state index is 9.61. The van der Waals surface area contributed by atoms with Crippen molar-refractivity contribution in [2.45, 2.75) is 13.2 Å². The molecule has 2 N–H and O–H groups in total. The second-order valence-corrected chi connectivity index (χ2v) is 8.44. The second-order valence-electron chi connectivity index (χ2n) is 7.65. The van der Waals surface area contributed by atoms with Gasteiger partial charge in [-0.2, -0.15) is 5.10 Å². The van der Waals surface area contributed by atoms with Crippen molar-refractivity contribution in [2.24, 2.45) is 0 Å². The van der Waals surface area contributed by atoms with Gasteiger partial charge >= 0.3 is 0 Å². The average Bonchev–Trinajstić information content (AvgIpc) is 3.26. The van der Waals surface area contributed by atoms with E-state index in [4.69, 9.17) is 38.0 Å². The largest absolute Gasteiger partial charge is 0.491 e. The molecule has 5 rings (SSSR count). The minimum atomic E-state index is -0.180. The number of benzene rings is 2. The molecule has 0 amide bonds. The first-order valence-corrected chi connectivity index (χ1v) is 11.4. The van der Waals surface area contributed by atoms with Crippen LogP contribution in [0.25, 0.3) is 22.4 Å². The molecule has 0 unspecified atom stereocenters. The van der Waals surface area contributed by atoms with Crippen LogP contribution in [-0.4, -0.2) is 36.9 Å². The zero-order valence-electron chi connectivity index (χ0n) is 19.0. The highest BCUT2D eigenvalue weighted by atomic mass is 35.5. The lowest BCUT2D eigenvalue weighted by molar-refractivity contribution is 0.282. The number of rotatable bonds is 7. The minimum absolute atomic E-state index is 0. The molecule has 0 aliphatic carbocycles. The highest BCUT2D eigenvalue weighted by Gasteiger charge is 2.19. The van der Waals surface area contributed by atoms with Crippen LogP contribution in [0.2, 0.25) is 10.0 Å². The van der Waals surface area contributed by atoms with Gasteiger partial charge in [-0.1, -0.05) is 47.5 Å². The molecule has 0 atom stereocenters.